The minimum absolute atomic E-state index is 0.156. The van der Waals surface area contributed by atoms with Crippen LogP contribution in [0.5, 0.6) is 0 Å². The van der Waals surface area contributed by atoms with Gasteiger partial charge >= 0.3 is 0 Å². The number of hydrogen-bond donors (Lipinski definition) is 3. The van der Waals surface area contributed by atoms with Crippen molar-refractivity contribution in [3.05, 3.63) is 16.7 Å². The average Bonchev–Trinajstić information content (AvgIpc) is 2.67. The Labute approximate surface area is 93.9 Å². The lowest BCUT2D eigenvalue weighted by molar-refractivity contribution is 0.322. The van der Waals surface area contributed by atoms with Crippen molar-refractivity contribution in [3.8, 4) is 0 Å². The Morgan fingerprint density at radius 1 is 1.75 bits per heavy atom. The maximum atomic E-state index is 11.2. The molecule has 0 amide bonds. The molecule has 88 valence electrons. The van der Waals surface area contributed by atoms with E-state index in [1.54, 1.807) is 0 Å². The number of hydrogen-bond acceptors (Lipinski definition) is 5. The fraction of sp³-hybridized carbons (Fsp3) is 0.600. The van der Waals surface area contributed by atoms with Crippen LogP contribution in [0.4, 0.5) is 11.5 Å². The predicted molar refractivity (Wildman–Crippen MR) is 63.4 cm³/mol. The minimum atomic E-state index is -0.294. The summed E-state index contributed by atoms with van der Waals surface area (Å²) in [5.74, 6) is 0.476. The third-order valence-corrected chi connectivity index (χ3v) is 3.07. The molecule has 1 aromatic heterocycles. The molecule has 6 nitrogen and oxygen atoms in total. The highest BCUT2D eigenvalue weighted by Gasteiger charge is 2.20. The van der Waals surface area contributed by atoms with Crippen LogP contribution in [-0.4, -0.2) is 41.0 Å². The van der Waals surface area contributed by atoms with Crippen LogP contribution in [0, 0.1) is 0 Å². The van der Waals surface area contributed by atoms with Gasteiger partial charge in [-0.15, -0.1) is 0 Å². The van der Waals surface area contributed by atoms with Gasteiger partial charge in [0.25, 0.3) is 5.56 Å². The summed E-state index contributed by atoms with van der Waals surface area (Å²) in [6.45, 7) is 1.90. The Balaban J connectivity index is 1.99. The first-order valence-corrected chi connectivity index (χ1v) is 5.45. The number of anilines is 2. The molecule has 0 saturated carbocycles. The van der Waals surface area contributed by atoms with Gasteiger partial charge in [-0.05, 0) is 26.4 Å². The second-order valence-corrected chi connectivity index (χ2v) is 4.15. The first-order chi connectivity index (χ1) is 7.68. The predicted octanol–water partition coefficient (Wildman–Crippen LogP) is -0.142. The number of likely N-dealkylation sites (tertiary alicyclic amines) is 1. The normalized spacial score (nSPS) is 21.2. The van der Waals surface area contributed by atoms with Gasteiger partial charge in [-0.1, -0.05) is 0 Å². The molecule has 1 aliphatic rings. The highest BCUT2D eigenvalue weighted by Crippen LogP contribution is 2.16. The third kappa shape index (κ3) is 2.16. The van der Waals surface area contributed by atoms with E-state index in [9.17, 15) is 4.79 Å². The van der Waals surface area contributed by atoms with E-state index in [2.05, 4.69) is 27.2 Å². The molecule has 0 radical (unpaired) electrons. The SMILES string of the molecule is CN1CCCC1CNc1nc[nH]c(=O)c1N. The van der Waals surface area contributed by atoms with Crippen molar-refractivity contribution in [2.24, 2.45) is 0 Å². The highest BCUT2D eigenvalue weighted by molar-refractivity contribution is 5.58. The molecule has 0 spiro atoms. The average molecular weight is 223 g/mol. The van der Waals surface area contributed by atoms with Gasteiger partial charge in [0, 0.05) is 12.6 Å². The topological polar surface area (TPSA) is 87.0 Å². The van der Waals surface area contributed by atoms with Crippen molar-refractivity contribution in [1.82, 2.24) is 14.9 Å². The summed E-state index contributed by atoms with van der Waals surface area (Å²) in [6, 6.07) is 0.500. The molecule has 0 aromatic carbocycles. The summed E-state index contributed by atoms with van der Waals surface area (Å²) in [5, 5.41) is 3.13. The molecule has 1 unspecified atom stereocenters. The van der Waals surface area contributed by atoms with Gasteiger partial charge in [-0.3, -0.25) is 4.79 Å². The zero-order valence-electron chi connectivity index (χ0n) is 9.36. The molecule has 1 aliphatic heterocycles. The lowest BCUT2D eigenvalue weighted by Crippen LogP contribution is -2.32. The van der Waals surface area contributed by atoms with E-state index in [0.29, 0.717) is 11.9 Å². The van der Waals surface area contributed by atoms with Gasteiger partial charge in [-0.2, -0.15) is 0 Å². The van der Waals surface area contributed by atoms with Crippen LogP contribution in [0.2, 0.25) is 0 Å². The molecular formula is C10H17N5O. The molecule has 4 N–H and O–H groups in total. The fourth-order valence-corrected chi connectivity index (χ4v) is 2.00. The van der Waals surface area contributed by atoms with Crippen molar-refractivity contribution >= 4 is 11.5 Å². The molecule has 2 heterocycles. The number of aromatic nitrogens is 2. The second kappa shape index (κ2) is 4.52. The molecule has 6 heteroatoms. The lowest BCUT2D eigenvalue weighted by atomic mass is 10.2. The molecule has 16 heavy (non-hydrogen) atoms. The van der Waals surface area contributed by atoms with Crippen LogP contribution >= 0.6 is 0 Å². The largest absolute Gasteiger partial charge is 0.391 e. The third-order valence-electron chi connectivity index (χ3n) is 3.07. The smallest absolute Gasteiger partial charge is 0.276 e. The monoisotopic (exact) mass is 223 g/mol. The molecule has 0 aliphatic carbocycles. The first kappa shape index (κ1) is 10.9. The van der Waals surface area contributed by atoms with Gasteiger partial charge < -0.3 is 20.9 Å². The minimum Gasteiger partial charge on any atom is -0.391 e. The number of nitrogen functional groups attached to an aromatic ring is 1. The van der Waals surface area contributed by atoms with Crippen LogP contribution in [0.25, 0.3) is 0 Å². The van der Waals surface area contributed by atoms with E-state index in [-0.39, 0.29) is 11.2 Å². The number of nitrogens with zero attached hydrogens (tertiary/aromatic N) is 2. The zero-order valence-corrected chi connectivity index (χ0v) is 9.36. The molecular weight excluding hydrogens is 206 g/mol. The lowest BCUT2D eigenvalue weighted by Gasteiger charge is -2.20. The van der Waals surface area contributed by atoms with E-state index >= 15 is 0 Å². The summed E-state index contributed by atoms with van der Waals surface area (Å²) in [4.78, 5) is 20.0. The van der Waals surface area contributed by atoms with Crippen molar-refractivity contribution < 1.29 is 0 Å². The summed E-state index contributed by atoms with van der Waals surface area (Å²) in [5.41, 5.74) is 5.48. The van der Waals surface area contributed by atoms with Gasteiger partial charge in [0.05, 0.1) is 6.33 Å². The van der Waals surface area contributed by atoms with Gasteiger partial charge in [0.15, 0.2) is 5.82 Å². The van der Waals surface area contributed by atoms with Crippen LogP contribution in [0.15, 0.2) is 11.1 Å². The Morgan fingerprint density at radius 2 is 2.56 bits per heavy atom. The van der Waals surface area contributed by atoms with E-state index < -0.39 is 0 Å². The standard InChI is InChI=1S/C10H17N5O/c1-15-4-2-3-7(15)5-12-9-8(11)10(16)14-6-13-9/h6-7H,2-5,11H2,1H3,(H2,12,13,14,16). The van der Waals surface area contributed by atoms with E-state index in [0.717, 1.165) is 13.1 Å². The number of nitrogens with one attached hydrogen (secondary N) is 2. The van der Waals surface area contributed by atoms with Crippen molar-refractivity contribution in [2.75, 3.05) is 31.2 Å². The van der Waals surface area contributed by atoms with E-state index in [4.69, 9.17) is 5.73 Å². The van der Waals surface area contributed by atoms with Crippen molar-refractivity contribution in [1.29, 1.82) is 0 Å². The quantitative estimate of drug-likeness (QED) is 0.664. The molecule has 1 fully saturated rings. The van der Waals surface area contributed by atoms with Crippen LogP contribution in [0.1, 0.15) is 12.8 Å². The second-order valence-electron chi connectivity index (χ2n) is 4.15. The number of likely N-dealkylation sites (N-methyl/N-ethyl adjacent to an activating group) is 1. The van der Waals surface area contributed by atoms with Crippen molar-refractivity contribution in [2.45, 2.75) is 18.9 Å². The molecule has 1 atom stereocenters. The Hall–Kier alpha value is -1.56. The zero-order chi connectivity index (χ0) is 11.5. The maximum absolute atomic E-state index is 11.2. The van der Waals surface area contributed by atoms with Gasteiger partial charge in [0.1, 0.15) is 5.69 Å². The van der Waals surface area contributed by atoms with Crippen LogP contribution in [-0.2, 0) is 0 Å². The Bertz CT molecular complexity index is 416. The van der Waals surface area contributed by atoms with Crippen LogP contribution in [0.3, 0.4) is 0 Å². The summed E-state index contributed by atoms with van der Waals surface area (Å²) in [6.07, 6.45) is 3.76. The molecule has 2 rings (SSSR count). The Kier molecular flexibility index (Phi) is 3.09. The highest BCUT2D eigenvalue weighted by atomic mass is 16.1. The maximum Gasteiger partial charge on any atom is 0.276 e. The summed E-state index contributed by atoms with van der Waals surface area (Å²) in [7, 11) is 2.11. The Morgan fingerprint density at radius 3 is 3.25 bits per heavy atom. The van der Waals surface area contributed by atoms with Crippen molar-refractivity contribution in [3.63, 3.8) is 0 Å². The summed E-state index contributed by atoms with van der Waals surface area (Å²) < 4.78 is 0. The number of aromatic amines is 1. The number of rotatable bonds is 3. The fourth-order valence-electron chi connectivity index (χ4n) is 2.00. The van der Waals surface area contributed by atoms with Gasteiger partial charge in [0.2, 0.25) is 0 Å². The summed E-state index contributed by atoms with van der Waals surface area (Å²) >= 11 is 0. The van der Waals surface area contributed by atoms with E-state index in [1.165, 1.54) is 19.2 Å². The molecule has 1 saturated heterocycles. The number of H-pyrrole nitrogens is 1. The van der Waals surface area contributed by atoms with Gasteiger partial charge in [-0.25, -0.2) is 4.98 Å². The molecule has 1 aromatic rings. The van der Waals surface area contributed by atoms with Crippen LogP contribution < -0.4 is 16.6 Å². The molecule has 0 bridgehead atoms. The first-order valence-electron chi connectivity index (χ1n) is 5.45. The van der Waals surface area contributed by atoms with E-state index in [1.807, 2.05) is 0 Å². The number of nitrogens with two attached hydrogens (primary N) is 1.